The van der Waals surface area contributed by atoms with Crippen LogP contribution in [-0.4, -0.2) is 34.7 Å². The Labute approximate surface area is 89.3 Å². The van der Waals surface area contributed by atoms with Crippen molar-refractivity contribution in [2.24, 2.45) is 0 Å². The summed E-state index contributed by atoms with van der Waals surface area (Å²) in [5.74, 6) is 0. The van der Waals surface area contributed by atoms with Crippen LogP contribution in [0.3, 0.4) is 0 Å². The zero-order valence-corrected chi connectivity index (χ0v) is 12.0. The van der Waals surface area contributed by atoms with Crippen molar-refractivity contribution in [2.45, 2.75) is 0 Å². The molecule has 0 rings (SSSR count). The summed E-state index contributed by atoms with van der Waals surface area (Å²) in [6.07, 6.45) is 0. The Kier molecular flexibility index (Phi) is 1620. The molecule has 0 bridgehead atoms. The van der Waals surface area contributed by atoms with Gasteiger partial charge in [0, 0.05) is 39.0 Å². The fourth-order valence-electron chi connectivity index (χ4n) is 0. The first-order valence-electron chi connectivity index (χ1n) is 0. The molecule has 3 nitrogen and oxygen atoms in total. The van der Waals surface area contributed by atoms with Gasteiger partial charge in [-0.15, -0.1) is 0 Å². The van der Waals surface area contributed by atoms with Crippen molar-refractivity contribution in [1.29, 1.82) is 0 Å². The monoisotopic (exact) mass is 230 g/mol. The fraction of sp³-hybridized carbons (Fsp3) is 0. The Bertz CT molecular complexity index is 10.9. The summed E-state index contributed by atoms with van der Waals surface area (Å²) in [6.45, 7) is 0. The van der Waals surface area contributed by atoms with Crippen molar-refractivity contribution in [3.8, 4) is 0 Å². The van der Waals surface area contributed by atoms with Gasteiger partial charge in [0.05, 0.1) is 0 Å². The van der Waals surface area contributed by atoms with Crippen LogP contribution in [0.2, 0.25) is 0 Å². The van der Waals surface area contributed by atoms with Crippen LogP contribution < -0.4 is 0 Å². The largest absolute Gasteiger partial charge is 3.00 e. The minimum Gasteiger partial charge on any atom is -2.00 e. The van der Waals surface area contributed by atoms with E-state index in [1.807, 2.05) is 0 Å². The summed E-state index contributed by atoms with van der Waals surface area (Å²) in [5, 5.41) is 0. The first kappa shape index (κ1) is 128. The zero-order valence-electron chi connectivity index (χ0n) is 3.79. The topological polar surface area (TPSA) is 85.5 Å². The van der Waals surface area contributed by atoms with E-state index in [0.29, 0.717) is 0 Å². The molecule has 0 saturated carbocycles. The summed E-state index contributed by atoms with van der Waals surface area (Å²) in [6, 6.07) is 0. The molecule has 0 aliphatic carbocycles. The van der Waals surface area contributed by atoms with Crippen molar-refractivity contribution >= 4 is 34.7 Å². The maximum absolute atomic E-state index is 0. The van der Waals surface area contributed by atoms with E-state index in [-0.39, 0.29) is 90.1 Å². The number of hydrogen-bond donors (Lipinski definition) is 0. The molecule has 0 amide bonds. The Morgan fingerprint density at radius 3 is 0.429 bits per heavy atom. The van der Waals surface area contributed by atoms with E-state index in [1.165, 1.54) is 0 Å². The van der Waals surface area contributed by atoms with Gasteiger partial charge in [-0.05, 0) is 0 Å². The second-order valence-corrected chi connectivity index (χ2v) is 0. The summed E-state index contributed by atoms with van der Waals surface area (Å²) in [5.41, 5.74) is 0. The third-order valence-corrected chi connectivity index (χ3v) is 0. The molecule has 0 aromatic carbocycles. The van der Waals surface area contributed by atoms with E-state index in [2.05, 4.69) is 0 Å². The number of rotatable bonds is 0. The van der Waals surface area contributed by atoms with Gasteiger partial charge in [-0.2, -0.15) is 0 Å². The van der Waals surface area contributed by atoms with E-state index in [9.17, 15) is 0 Å². The second kappa shape index (κ2) is 88.2. The minimum absolute atomic E-state index is 0. The van der Waals surface area contributed by atoms with E-state index in [1.54, 1.807) is 0 Å². The van der Waals surface area contributed by atoms with Crippen molar-refractivity contribution in [1.82, 2.24) is 0 Å². The van der Waals surface area contributed by atoms with Gasteiger partial charge in [0.15, 0.2) is 0 Å². The van der Waals surface area contributed by atoms with Gasteiger partial charge in [-0.1, -0.05) is 0 Å². The third-order valence-electron chi connectivity index (χ3n) is 0. The third kappa shape index (κ3) is 65.4. The van der Waals surface area contributed by atoms with E-state index >= 15 is 0 Å². The summed E-state index contributed by atoms with van der Waals surface area (Å²) in [4.78, 5) is 0. The molecule has 0 fully saturated rings. The molecule has 7 heteroatoms. The molecular weight excluding hydrogens is 233 g/mol. The molecule has 0 aromatic rings. The fourth-order valence-corrected chi connectivity index (χ4v) is 0. The molecule has 0 aliphatic rings. The van der Waals surface area contributed by atoms with Crippen LogP contribution in [0.4, 0.5) is 0 Å². The molecule has 0 unspecified atom stereocenters. The first-order chi connectivity index (χ1) is 0. The zero-order chi connectivity index (χ0) is 0. The first-order valence-corrected chi connectivity index (χ1v) is 0. The molecule has 0 atom stereocenters. The van der Waals surface area contributed by atoms with Crippen LogP contribution in [0, 0.1) is 0 Å². The summed E-state index contributed by atoms with van der Waals surface area (Å²) >= 11 is 0. The standard InChI is InChI=1S/2Al.3O.2Zn/q2*+3;3*-2;;. The Morgan fingerprint density at radius 2 is 0.429 bits per heavy atom. The van der Waals surface area contributed by atoms with Crippen molar-refractivity contribution in [3.63, 3.8) is 0 Å². The molecule has 0 N–H and O–H groups in total. The molecule has 7 heavy (non-hydrogen) atoms. The van der Waals surface area contributed by atoms with Crippen LogP contribution in [0.1, 0.15) is 0 Å². The smallest absolute Gasteiger partial charge is 2.00 e. The predicted octanol–water partition coefficient (Wildman–Crippen LogP) is -1.12. The van der Waals surface area contributed by atoms with Gasteiger partial charge in [-0.3, -0.25) is 0 Å². The molecule has 0 heterocycles. The molecular formula is Al2O3Zn2. The maximum Gasteiger partial charge on any atom is 3.00 e. The predicted molar refractivity (Wildman–Crippen MR) is 13.6 cm³/mol. The van der Waals surface area contributed by atoms with Gasteiger partial charge in [0.2, 0.25) is 0 Å². The molecule has 0 spiro atoms. The summed E-state index contributed by atoms with van der Waals surface area (Å²) < 4.78 is 0. The number of hydrogen-bond acceptors (Lipinski definition) is 0. The molecule has 0 aliphatic heterocycles. The molecule has 0 saturated heterocycles. The SMILES string of the molecule is [Al+3].[Al+3].[O-2].[O-2].[O-2].[Zn].[Zn]. The summed E-state index contributed by atoms with van der Waals surface area (Å²) in [7, 11) is 0. The van der Waals surface area contributed by atoms with Gasteiger partial charge in [-0.25, -0.2) is 0 Å². The maximum atomic E-state index is 0. The Morgan fingerprint density at radius 1 is 0.429 bits per heavy atom. The van der Waals surface area contributed by atoms with E-state index < -0.39 is 0 Å². The average Bonchev–Trinajstić information content (AvgIpc) is 0. The quantitative estimate of drug-likeness (QED) is 0.474. The van der Waals surface area contributed by atoms with Gasteiger partial charge < -0.3 is 16.4 Å². The molecule has 0 radical (unpaired) electrons. The molecule has 28 valence electrons. The van der Waals surface area contributed by atoms with Crippen molar-refractivity contribution in [3.05, 3.63) is 0 Å². The van der Waals surface area contributed by atoms with Gasteiger partial charge in [0.25, 0.3) is 0 Å². The van der Waals surface area contributed by atoms with Crippen LogP contribution in [0.5, 0.6) is 0 Å². The van der Waals surface area contributed by atoms with E-state index in [0.717, 1.165) is 0 Å². The van der Waals surface area contributed by atoms with Crippen molar-refractivity contribution < 1.29 is 55.4 Å². The van der Waals surface area contributed by atoms with Gasteiger partial charge >= 0.3 is 34.7 Å². The van der Waals surface area contributed by atoms with Gasteiger partial charge in [0.1, 0.15) is 0 Å². The van der Waals surface area contributed by atoms with Crippen molar-refractivity contribution in [2.75, 3.05) is 0 Å². The van der Waals surface area contributed by atoms with Crippen LogP contribution in [0.25, 0.3) is 0 Å². The average molecular weight is 233 g/mol. The van der Waals surface area contributed by atoms with Crippen LogP contribution in [-0.2, 0) is 55.4 Å². The Balaban J connectivity index is 0. The van der Waals surface area contributed by atoms with Crippen LogP contribution >= 0.6 is 0 Å². The molecule has 0 aromatic heterocycles. The normalized spacial score (nSPS) is 0. The Hall–Kier alpha value is 2.19. The second-order valence-electron chi connectivity index (χ2n) is 0. The minimum atomic E-state index is 0. The van der Waals surface area contributed by atoms with Crippen LogP contribution in [0.15, 0.2) is 0 Å². The van der Waals surface area contributed by atoms with E-state index in [4.69, 9.17) is 0 Å².